The Hall–Kier alpha value is -2.94. The number of hydrogen-bond donors (Lipinski definition) is 0. The van der Waals surface area contributed by atoms with Crippen molar-refractivity contribution < 1.29 is 4.39 Å². The third-order valence-electron chi connectivity index (χ3n) is 5.13. The van der Waals surface area contributed by atoms with Gasteiger partial charge in [0.25, 0.3) is 0 Å². The molecule has 150 valence electrons. The predicted molar refractivity (Wildman–Crippen MR) is 123 cm³/mol. The molecule has 0 aromatic heterocycles. The molecule has 0 heterocycles. The Labute approximate surface area is 182 Å². The van der Waals surface area contributed by atoms with Crippen LogP contribution in [-0.4, -0.2) is 4.90 Å². The zero-order valence-corrected chi connectivity index (χ0v) is 17.4. The number of halogens is 2. The minimum Gasteiger partial charge on any atom is -0.291 e. The maximum Gasteiger partial charge on any atom is 0.124 e. The first-order valence-corrected chi connectivity index (χ1v) is 10.4. The van der Waals surface area contributed by atoms with Gasteiger partial charge in [-0.1, -0.05) is 103 Å². The van der Waals surface area contributed by atoms with Crippen LogP contribution in [0.2, 0.25) is 5.02 Å². The molecule has 0 atom stereocenters. The van der Waals surface area contributed by atoms with Crippen LogP contribution in [0.5, 0.6) is 0 Å². The molecule has 4 aromatic rings. The molecule has 4 rings (SSSR count). The first-order chi connectivity index (χ1) is 14.7. The molecule has 0 aliphatic rings. The Morgan fingerprint density at radius 3 is 1.80 bits per heavy atom. The average molecular weight is 416 g/mol. The molecule has 0 saturated carbocycles. The summed E-state index contributed by atoms with van der Waals surface area (Å²) in [6.45, 7) is 2.21. The quantitative estimate of drug-likeness (QED) is 0.305. The van der Waals surface area contributed by atoms with E-state index in [1.165, 1.54) is 34.4 Å². The summed E-state index contributed by atoms with van der Waals surface area (Å²) < 4.78 is 13.5. The van der Waals surface area contributed by atoms with Crippen LogP contribution in [0.1, 0.15) is 16.7 Å². The van der Waals surface area contributed by atoms with Crippen LogP contribution in [0.15, 0.2) is 103 Å². The van der Waals surface area contributed by atoms with Crippen molar-refractivity contribution in [3.05, 3.63) is 131 Å². The van der Waals surface area contributed by atoms with E-state index in [9.17, 15) is 4.39 Å². The van der Waals surface area contributed by atoms with Gasteiger partial charge in [-0.25, -0.2) is 4.39 Å². The van der Waals surface area contributed by atoms with E-state index in [0.717, 1.165) is 18.7 Å². The number of rotatable bonds is 7. The van der Waals surface area contributed by atoms with Crippen LogP contribution in [0, 0.1) is 5.82 Å². The molecule has 0 N–H and O–H groups in total. The standard InChI is InChI=1S/C27H23ClFN/c28-27-17-26(29)16-15-25(27)20-30(18-21-7-3-1-4-8-21)19-22-11-13-24(14-12-22)23-9-5-2-6-10-23/h1-17H,18-20H2. The molecule has 0 amide bonds. The summed E-state index contributed by atoms with van der Waals surface area (Å²) in [5.41, 5.74) is 5.80. The van der Waals surface area contributed by atoms with Gasteiger partial charge in [-0.15, -0.1) is 0 Å². The topological polar surface area (TPSA) is 3.24 Å². The molecular formula is C27H23ClFN. The molecule has 30 heavy (non-hydrogen) atoms. The van der Waals surface area contributed by atoms with Crippen molar-refractivity contribution in [2.24, 2.45) is 0 Å². The third-order valence-corrected chi connectivity index (χ3v) is 5.48. The highest BCUT2D eigenvalue weighted by atomic mass is 35.5. The first kappa shape index (κ1) is 20.3. The van der Waals surface area contributed by atoms with E-state index in [4.69, 9.17) is 11.6 Å². The molecule has 3 heteroatoms. The Balaban J connectivity index is 1.54. The Bertz CT molecular complexity index is 1080. The van der Waals surface area contributed by atoms with Gasteiger partial charge in [-0.2, -0.15) is 0 Å². The second kappa shape index (κ2) is 9.71. The van der Waals surface area contributed by atoms with Crippen molar-refractivity contribution in [1.29, 1.82) is 0 Å². The zero-order valence-electron chi connectivity index (χ0n) is 16.6. The van der Waals surface area contributed by atoms with Crippen molar-refractivity contribution in [3.63, 3.8) is 0 Å². The minimum absolute atomic E-state index is 0.310. The summed E-state index contributed by atoms with van der Waals surface area (Å²) in [4.78, 5) is 2.33. The van der Waals surface area contributed by atoms with E-state index in [2.05, 4.69) is 65.6 Å². The van der Waals surface area contributed by atoms with Gasteiger partial charge in [0.15, 0.2) is 0 Å². The molecule has 0 bridgehead atoms. The lowest BCUT2D eigenvalue weighted by Crippen LogP contribution is -2.22. The monoisotopic (exact) mass is 415 g/mol. The Morgan fingerprint density at radius 2 is 1.17 bits per heavy atom. The van der Waals surface area contributed by atoms with Crippen molar-refractivity contribution in [3.8, 4) is 11.1 Å². The van der Waals surface area contributed by atoms with E-state index in [1.807, 2.05) is 24.3 Å². The van der Waals surface area contributed by atoms with Gasteiger partial charge in [0.2, 0.25) is 0 Å². The van der Waals surface area contributed by atoms with Gasteiger partial charge in [0.1, 0.15) is 5.82 Å². The summed E-state index contributed by atoms with van der Waals surface area (Å²) in [7, 11) is 0. The molecule has 0 aliphatic carbocycles. The molecule has 0 aliphatic heterocycles. The van der Waals surface area contributed by atoms with Gasteiger partial charge in [-0.05, 0) is 39.9 Å². The Kier molecular flexibility index (Phi) is 6.58. The fourth-order valence-electron chi connectivity index (χ4n) is 3.59. The van der Waals surface area contributed by atoms with Crippen molar-refractivity contribution >= 4 is 11.6 Å². The highest BCUT2D eigenvalue weighted by Gasteiger charge is 2.11. The van der Waals surface area contributed by atoms with Gasteiger partial charge < -0.3 is 0 Å². The van der Waals surface area contributed by atoms with Crippen LogP contribution >= 0.6 is 11.6 Å². The van der Waals surface area contributed by atoms with E-state index >= 15 is 0 Å². The second-order valence-corrected chi connectivity index (χ2v) is 7.84. The van der Waals surface area contributed by atoms with Gasteiger partial charge in [0.05, 0.1) is 0 Å². The third kappa shape index (κ3) is 5.35. The van der Waals surface area contributed by atoms with Crippen LogP contribution in [0.25, 0.3) is 11.1 Å². The smallest absolute Gasteiger partial charge is 0.124 e. The predicted octanol–water partition coefficient (Wildman–Crippen LogP) is 7.35. The summed E-state index contributed by atoms with van der Waals surface area (Å²) >= 11 is 6.30. The number of nitrogens with zero attached hydrogens (tertiary/aromatic N) is 1. The highest BCUT2D eigenvalue weighted by Crippen LogP contribution is 2.23. The number of benzene rings is 4. The second-order valence-electron chi connectivity index (χ2n) is 7.43. The molecule has 0 spiro atoms. The summed E-state index contributed by atoms with van der Waals surface area (Å²) in [6.07, 6.45) is 0. The summed E-state index contributed by atoms with van der Waals surface area (Å²) in [6, 6.07) is 34.0. The molecular weight excluding hydrogens is 393 g/mol. The summed E-state index contributed by atoms with van der Waals surface area (Å²) in [5.74, 6) is -0.310. The average Bonchev–Trinajstić information content (AvgIpc) is 2.77. The van der Waals surface area contributed by atoms with Crippen molar-refractivity contribution in [1.82, 2.24) is 4.90 Å². The van der Waals surface area contributed by atoms with Crippen LogP contribution in [0.3, 0.4) is 0 Å². The first-order valence-electron chi connectivity index (χ1n) is 10.0. The van der Waals surface area contributed by atoms with E-state index in [0.29, 0.717) is 11.6 Å². The van der Waals surface area contributed by atoms with Gasteiger partial charge in [0, 0.05) is 24.7 Å². The largest absolute Gasteiger partial charge is 0.291 e. The fourth-order valence-corrected chi connectivity index (χ4v) is 3.82. The molecule has 1 nitrogen and oxygen atoms in total. The van der Waals surface area contributed by atoms with Crippen molar-refractivity contribution in [2.45, 2.75) is 19.6 Å². The lowest BCUT2D eigenvalue weighted by atomic mass is 10.0. The zero-order chi connectivity index (χ0) is 20.8. The molecule has 0 radical (unpaired) electrons. The van der Waals surface area contributed by atoms with Gasteiger partial charge >= 0.3 is 0 Å². The Morgan fingerprint density at radius 1 is 0.600 bits per heavy atom. The molecule has 0 saturated heterocycles. The van der Waals surface area contributed by atoms with Crippen molar-refractivity contribution in [2.75, 3.05) is 0 Å². The molecule has 0 unspecified atom stereocenters. The molecule has 0 fully saturated rings. The normalized spacial score (nSPS) is 11.0. The lowest BCUT2D eigenvalue weighted by Gasteiger charge is -2.23. The number of hydrogen-bond acceptors (Lipinski definition) is 1. The highest BCUT2D eigenvalue weighted by molar-refractivity contribution is 6.31. The van der Waals surface area contributed by atoms with E-state index in [1.54, 1.807) is 6.07 Å². The summed E-state index contributed by atoms with van der Waals surface area (Å²) in [5, 5.41) is 0.465. The maximum absolute atomic E-state index is 13.5. The van der Waals surface area contributed by atoms with Crippen LogP contribution in [0.4, 0.5) is 4.39 Å². The minimum atomic E-state index is -0.310. The van der Waals surface area contributed by atoms with Crippen LogP contribution < -0.4 is 0 Å². The maximum atomic E-state index is 13.5. The van der Waals surface area contributed by atoms with E-state index in [-0.39, 0.29) is 5.82 Å². The SMILES string of the molecule is Fc1ccc(CN(Cc2ccccc2)Cc2ccc(-c3ccccc3)cc2)c(Cl)c1. The lowest BCUT2D eigenvalue weighted by molar-refractivity contribution is 0.247. The fraction of sp³-hybridized carbons (Fsp3) is 0.111. The van der Waals surface area contributed by atoms with E-state index < -0.39 is 0 Å². The van der Waals surface area contributed by atoms with Crippen LogP contribution in [-0.2, 0) is 19.6 Å². The van der Waals surface area contributed by atoms with Gasteiger partial charge in [-0.3, -0.25) is 4.90 Å². The molecule has 4 aromatic carbocycles.